The van der Waals surface area contributed by atoms with Crippen molar-refractivity contribution in [1.29, 1.82) is 0 Å². The second-order valence-electron chi connectivity index (χ2n) is 1.38. The number of thiol groups is 1. The zero-order chi connectivity index (χ0) is 4.99. The van der Waals surface area contributed by atoms with Crippen molar-refractivity contribution in [3.05, 3.63) is 0 Å². The van der Waals surface area contributed by atoms with Gasteiger partial charge in [0.2, 0.25) is 0 Å². The second-order valence-corrected chi connectivity index (χ2v) is 2.06. The first kappa shape index (κ1) is 6.31. The quantitative estimate of drug-likeness (QED) is 0.516. The van der Waals surface area contributed by atoms with Crippen LogP contribution in [0.1, 0.15) is 13.3 Å². The Morgan fingerprint density at radius 2 is 2.17 bits per heavy atom. The summed E-state index contributed by atoms with van der Waals surface area (Å²) in [6.45, 7) is 3.20. The SMILES string of the molecule is CCCN(C)S. The van der Waals surface area contributed by atoms with E-state index < -0.39 is 0 Å². The molecule has 0 fully saturated rings. The number of hydrogen-bond acceptors (Lipinski definition) is 2. The van der Waals surface area contributed by atoms with Gasteiger partial charge in [0.1, 0.15) is 0 Å². The van der Waals surface area contributed by atoms with Gasteiger partial charge in [0, 0.05) is 6.54 Å². The highest BCUT2D eigenvalue weighted by Crippen LogP contribution is 1.86. The molecule has 0 aromatic heterocycles. The van der Waals surface area contributed by atoms with Gasteiger partial charge in [-0.15, -0.1) is 0 Å². The van der Waals surface area contributed by atoms with Gasteiger partial charge in [0.25, 0.3) is 0 Å². The summed E-state index contributed by atoms with van der Waals surface area (Å²) >= 11 is 4.01. The van der Waals surface area contributed by atoms with Crippen LogP contribution in [0.15, 0.2) is 0 Å². The van der Waals surface area contributed by atoms with E-state index in [0.29, 0.717) is 0 Å². The lowest BCUT2D eigenvalue weighted by Crippen LogP contribution is -2.04. The van der Waals surface area contributed by atoms with Crippen molar-refractivity contribution < 1.29 is 0 Å². The first-order chi connectivity index (χ1) is 2.77. The highest BCUT2D eigenvalue weighted by Gasteiger charge is 1.80. The largest absolute Gasteiger partial charge is 0.256 e. The van der Waals surface area contributed by atoms with Gasteiger partial charge in [0.15, 0.2) is 0 Å². The summed E-state index contributed by atoms with van der Waals surface area (Å²) in [7, 11) is 1.95. The Kier molecular flexibility index (Phi) is 3.68. The minimum Gasteiger partial charge on any atom is -0.256 e. The van der Waals surface area contributed by atoms with Crippen LogP contribution in [0.25, 0.3) is 0 Å². The predicted molar refractivity (Wildman–Crippen MR) is 31.9 cm³/mol. The van der Waals surface area contributed by atoms with E-state index in [1.54, 1.807) is 0 Å². The van der Waals surface area contributed by atoms with Crippen molar-refractivity contribution in [3.8, 4) is 0 Å². The van der Waals surface area contributed by atoms with Gasteiger partial charge in [-0.2, -0.15) is 0 Å². The monoisotopic (exact) mass is 105 g/mol. The van der Waals surface area contributed by atoms with Crippen LogP contribution in [0.5, 0.6) is 0 Å². The molecule has 1 nitrogen and oxygen atoms in total. The summed E-state index contributed by atoms with van der Waals surface area (Å²) in [6, 6.07) is 0. The molecule has 0 aromatic rings. The van der Waals surface area contributed by atoms with Crippen molar-refractivity contribution in [2.75, 3.05) is 13.6 Å². The highest BCUT2D eigenvalue weighted by atomic mass is 32.1. The molecule has 0 rings (SSSR count). The van der Waals surface area contributed by atoms with Crippen molar-refractivity contribution in [2.45, 2.75) is 13.3 Å². The molecule has 0 spiro atoms. The van der Waals surface area contributed by atoms with E-state index in [4.69, 9.17) is 0 Å². The van der Waals surface area contributed by atoms with Gasteiger partial charge < -0.3 is 0 Å². The third-order valence-corrected chi connectivity index (χ3v) is 0.747. The summed E-state index contributed by atoms with van der Waals surface area (Å²) in [4.78, 5) is 0. The molecule has 0 aliphatic carbocycles. The van der Waals surface area contributed by atoms with Crippen molar-refractivity contribution in [2.24, 2.45) is 0 Å². The van der Waals surface area contributed by atoms with E-state index in [0.717, 1.165) is 6.54 Å². The first-order valence-electron chi connectivity index (χ1n) is 2.17. The number of rotatable bonds is 2. The van der Waals surface area contributed by atoms with E-state index >= 15 is 0 Å². The Balaban J connectivity index is 2.63. The molecular formula is C4H11NS. The van der Waals surface area contributed by atoms with Crippen LogP contribution in [-0.4, -0.2) is 17.9 Å². The molecule has 0 bridgehead atoms. The molecule has 0 aliphatic heterocycles. The second kappa shape index (κ2) is 3.50. The van der Waals surface area contributed by atoms with Gasteiger partial charge in [-0.3, -0.25) is 4.31 Å². The molecule has 0 atom stereocenters. The van der Waals surface area contributed by atoms with Crippen LogP contribution >= 0.6 is 12.8 Å². The zero-order valence-electron chi connectivity index (χ0n) is 4.31. The summed E-state index contributed by atoms with van der Waals surface area (Å²) in [5, 5.41) is 0. The lowest BCUT2D eigenvalue weighted by molar-refractivity contribution is 0.566. The molecule has 0 aromatic carbocycles. The molecule has 0 aliphatic rings. The van der Waals surface area contributed by atoms with Crippen LogP contribution in [0.2, 0.25) is 0 Å². The minimum atomic E-state index is 1.07. The fourth-order valence-corrected chi connectivity index (χ4v) is 0.524. The van der Waals surface area contributed by atoms with Crippen LogP contribution in [0.3, 0.4) is 0 Å². The molecule has 38 valence electrons. The van der Waals surface area contributed by atoms with Crippen molar-refractivity contribution >= 4 is 12.8 Å². The van der Waals surface area contributed by atoms with Gasteiger partial charge >= 0.3 is 0 Å². The van der Waals surface area contributed by atoms with E-state index in [-0.39, 0.29) is 0 Å². The van der Waals surface area contributed by atoms with E-state index in [9.17, 15) is 0 Å². The Morgan fingerprint density at radius 3 is 2.17 bits per heavy atom. The molecule has 0 N–H and O–H groups in total. The molecule has 0 unspecified atom stereocenters. The van der Waals surface area contributed by atoms with E-state index in [1.165, 1.54) is 6.42 Å². The van der Waals surface area contributed by atoms with Crippen LogP contribution < -0.4 is 0 Å². The van der Waals surface area contributed by atoms with Gasteiger partial charge in [-0.25, -0.2) is 0 Å². The van der Waals surface area contributed by atoms with Crippen LogP contribution in [0.4, 0.5) is 0 Å². The van der Waals surface area contributed by atoms with E-state index in [1.807, 2.05) is 11.4 Å². The van der Waals surface area contributed by atoms with Crippen LogP contribution in [0, 0.1) is 0 Å². The minimum absolute atomic E-state index is 1.07. The maximum Gasteiger partial charge on any atom is 0.00812 e. The third-order valence-electron chi connectivity index (χ3n) is 0.547. The van der Waals surface area contributed by atoms with Crippen LogP contribution in [-0.2, 0) is 0 Å². The average molecular weight is 105 g/mol. The predicted octanol–water partition coefficient (Wildman–Crippen LogP) is 1.17. The summed E-state index contributed by atoms with van der Waals surface area (Å²) in [5.41, 5.74) is 0. The van der Waals surface area contributed by atoms with Gasteiger partial charge in [0.05, 0.1) is 0 Å². The Bertz CT molecular complexity index is 28.7. The van der Waals surface area contributed by atoms with E-state index in [2.05, 4.69) is 19.7 Å². The maximum absolute atomic E-state index is 4.01. The molecular weight excluding hydrogens is 94.1 g/mol. The molecule has 2 heteroatoms. The van der Waals surface area contributed by atoms with Gasteiger partial charge in [-0.05, 0) is 13.5 Å². The molecule has 0 radical (unpaired) electrons. The molecule has 0 heterocycles. The fourth-order valence-electron chi connectivity index (χ4n) is 0.324. The summed E-state index contributed by atoms with van der Waals surface area (Å²) < 4.78 is 1.88. The van der Waals surface area contributed by atoms with Gasteiger partial charge in [-0.1, -0.05) is 19.7 Å². The maximum atomic E-state index is 4.01. The standard InChI is InChI=1S/C4H11NS/c1-3-4-5(2)6/h6H,3-4H2,1-2H3. The summed E-state index contributed by atoms with van der Waals surface area (Å²) in [5.74, 6) is 0. The van der Waals surface area contributed by atoms with Crippen molar-refractivity contribution in [3.63, 3.8) is 0 Å². The van der Waals surface area contributed by atoms with Crippen molar-refractivity contribution in [1.82, 2.24) is 4.31 Å². The molecule has 0 saturated heterocycles. The third kappa shape index (κ3) is 4.31. The Hall–Kier alpha value is 0.310. The lowest BCUT2D eigenvalue weighted by Gasteiger charge is -2.02. The number of nitrogens with zero attached hydrogens (tertiary/aromatic N) is 1. The molecule has 6 heavy (non-hydrogen) atoms. The highest BCUT2D eigenvalue weighted by molar-refractivity contribution is 7.77. The molecule has 0 saturated carbocycles. The summed E-state index contributed by atoms with van der Waals surface area (Å²) in [6.07, 6.45) is 1.18. The fraction of sp³-hybridized carbons (Fsp3) is 1.00. The Labute approximate surface area is 44.9 Å². The smallest absolute Gasteiger partial charge is 0.00812 e. The lowest BCUT2D eigenvalue weighted by atomic mass is 10.5. The zero-order valence-corrected chi connectivity index (χ0v) is 5.20. The number of hydrogen-bond donors (Lipinski definition) is 1. The topological polar surface area (TPSA) is 3.24 Å². The average Bonchev–Trinajstić information content (AvgIpc) is 1.35. The molecule has 0 amide bonds. The Morgan fingerprint density at radius 1 is 1.67 bits per heavy atom. The first-order valence-corrected chi connectivity index (χ1v) is 2.57. The normalized spacial score (nSPS) is 10.0.